The summed E-state index contributed by atoms with van der Waals surface area (Å²) >= 11 is 0. The Labute approximate surface area is 569 Å². The van der Waals surface area contributed by atoms with Gasteiger partial charge >= 0.3 is 0 Å². The Kier molecular flexibility index (Phi) is 71.1. The molecule has 0 aliphatic rings. The first-order valence-electron chi connectivity index (χ1n) is 33.5. The van der Waals surface area contributed by atoms with Crippen molar-refractivity contribution in [1.29, 1.82) is 0 Å². The van der Waals surface area contributed by atoms with Crippen molar-refractivity contribution in [2.75, 3.05) is 350 Å². The van der Waals surface area contributed by atoms with Crippen molar-refractivity contribution in [2.24, 2.45) is 0 Å². The molecule has 0 aromatic carbocycles. The molecule has 0 spiro atoms. The van der Waals surface area contributed by atoms with E-state index in [2.05, 4.69) is 31.2 Å². The number of carbonyl (C=O) groups excluding carboxylic acids is 3. The topological polar surface area (TPSA) is 347 Å². The van der Waals surface area contributed by atoms with Crippen molar-refractivity contribution in [1.82, 2.24) is 25.9 Å². The smallest absolute Gasteiger partial charge is 0.273 e. The van der Waals surface area contributed by atoms with Crippen LogP contribution in [0.2, 0.25) is 0 Å². The van der Waals surface area contributed by atoms with Crippen molar-refractivity contribution < 1.29 is 128 Å². The maximum atomic E-state index is 13.1. The summed E-state index contributed by atoms with van der Waals surface area (Å²) in [5, 5.41) is 11.5. The summed E-state index contributed by atoms with van der Waals surface area (Å²) in [5.41, 5.74) is 1.35. The van der Waals surface area contributed by atoms with E-state index < -0.39 is 5.91 Å². The van der Waals surface area contributed by atoms with E-state index in [1.165, 1.54) is 0 Å². The fourth-order valence-electron chi connectivity index (χ4n) is 7.12. The van der Waals surface area contributed by atoms with Crippen LogP contribution in [0.15, 0.2) is 0 Å². The van der Waals surface area contributed by atoms with Crippen molar-refractivity contribution in [3.8, 4) is 0 Å². The second-order valence-electron chi connectivity index (χ2n) is 19.9. The first kappa shape index (κ1) is 90.3. The quantitative estimate of drug-likeness (QED) is 0.0619. The summed E-state index contributed by atoms with van der Waals surface area (Å²) in [6.45, 7) is 25.7. The number of hydrogen-bond donors (Lipinski definition) is 4. The number of anilines is 1. The van der Waals surface area contributed by atoms with Gasteiger partial charge in [0.2, 0.25) is 11.8 Å². The number of nitrogens with one attached hydrogen (secondary N) is 4. The zero-order chi connectivity index (χ0) is 69.0. The zero-order valence-corrected chi connectivity index (χ0v) is 58.2. The summed E-state index contributed by atoms with van der Waals surface area (Å²) in [4.78, 5) is 46.8. The highest BCUT2D eigenvalue weighted by Crippen LogP contribution is 2.13. The van der Waals surface area contributed by atoms with Gasteiger partial charge in [-0.1, -0.05) is 0 Å². The summed E-state index contributed by atoms with van der Waals surface area (Å²) in [7, 11) is 3.28. The molecule has 0 unspecified atom stereocenters. The Balaban J connectivity index is 1.86. The predicted molar refractivity (Wildman–Crippen MR) is 349 cm³/mol. The van der Waals surface area contributed by atoms with E-state index in [0.717, 1.165) is 0 Å². The highest BCUT2D eigenvalue weighted by atomic mass is 16.6. The van der Waals surface area contributed by atoms with Gasteiger partial charge in [-0.2, -0.15) is 0 Å². The lowest BCUT2D eigenvalue weighted by atomic mass is 10.3. The second kappa shape index (κ2) is 75.5. The summed E-state index contributed by atoms with van der Waals surface area (Å²) < 4.78 is 130. The summed E-state index contributed by atoms with van der Waals surface area (Å²) in [5.74, 6) is -0.581. The van der Waals surface area contributed by atoms with Crippen LogP contribution in [0, 0.1) is 13.8 Å². The lowest BCUT2D eigenvalue weighted by Gasteiger charge is -2.13. The number of amides is 3. The van der Waals surface area contributed by atoms with Crippen LogP contribution in [-0.2, 0) is 123 Å². The SMILES string of the molecule is COCCOCCOCCOCCOCCOCCOCCOCCOCCOCCOCCOCCC(=O)NCCNC(=O)c1nc(C)c(C)nc1NCCNC(=O)CCOCCOCCOCCOCCOCCOCCOCCOCCOCCOCCOCCOC. The van der Waals surface area contributed by atoms with Gasteiger partial charge in [0, 0.05) is 53.2 Å². The minimum atomic E-state index is -0.456. The van der Waals surface area contributed by atoms with Crippen molar-refractivity contribution in [3.63, 3.8) is 0 Å². The van der Waals surface area contributed by atoms with E-state index in [4.69, 9.17) is 114 Å². The van der Waals surface area contributed by atoms with Crippen LogP contribution < -0.4 is 21.3 Å². The number of hydrogen-bond acceptors (Lipinski definition) is 30. The largest absolute Gasteiger partial charge is 0.382 e. The Hall–Kier alpha value is -3.67. The van der Waals surface area contributed by atoms with E-state index in [0.29, 0.717) is 309 Å². The maximum Gasteiger partial charge on any atom is 0.273 e. The van der Waals surface area contributed by atoms with E-state index in [-0.39, 0.29) is 69.0 Å². The highest BCUT2D eigenvalue weighted by Gasteiger charge is 2.17. The first-order valence-corrected chi connectivity index (χ1v) is 33.5. The number of aromatic nitrogens is 2. The number of rotatable bonds is 80. The summed E-state index contributed by atoms with van der Waals surface area (Å²) in [6.07, 6.45) is 0.322. The van der Waals surface area contributed by atoms with Crippen LogP contribution >= 0.6 is 0 Å². The van der Waals surface area contributed by atoms with Crippen molar-refractivity contribution in [2.45, 2.75) is 26.7 Å². The average Bonchev–Trinajstić information content (AvgIpc) is 0.885. The Morgan fingerprint density at radius 1 is 0.250 bits per heavy atom. The molecule has 0 saturated heterocycles. The molecule has 96 heavy (non-hydrogen) atoms. The number of methoxy groups -OCH3 is 2. The molecule has 0 atom stereocenters. The standard InChI is InChI=1S/C63H120N6O27/c1-57-58(2)69-62(66-9-7-64-59(70)5-11-75-17-19-79-25-27-83-33-35-87-41-43-91-49-51-95-55-53-93-47-45-89-39-37-85-31-29-81-23-21-77-15-13-73-3)61(68-57)63(72)67-10-8-65-60(71)6-12-76-18-20-80-26-28-84-34-36-88-42-44-92-50-52-96-56-54-94-48-46-90-40-38-86-32-30-82-24-22-78-16-14-74-4/h5-56H2,1-4H3,(H,64,70)(H,65,71)(H,66,69)(H,67,72). The lowest BCUT2D eigenvalue weighted by Crippen LogP contribution is -2.36. The van der Waals surface area contributed by atoms with E-state index in [1.54, 1.807) is 28.1 Å². The molecule has 1 aromatic rings. The van der Waals surface area contributed by atoms with Crippen molar-refractivity contribution >= 4 is 23.5 Å². The molecular formula is C63H120N6O27. The molecule has 1 rings (SSSR count). The van der Waals surface area contributed by atoms with E-state index in [1.807, 2.05) is 0 Å². The van der Waals surface area contributed by atoms with Crippen LogP contribution in [0.4, 0.5) is 5.82 Å². The van der Waals surface area contributed by atoms with Crippen LogP contribution in [0.5, 0.6) is 0 Å². The Bertz CT molecular complexity index is 1830. The molecule has 4 N–H and O–H groups in total. The third-order valence-corrected chi connectivity index (χ3v) is 12.2. The minimum Gasteiger partial charge on any atom is -0.382 e. The van der Waals surface area contributed by atoms with Crippen LogP contribution in [-0.4, -0.2) is 372 Å². The molecule has 1 aromatic heterocycles. The molecule has 564 valence electrons. The van der Waals surface area contributed by atoms with E-state index >= 15 is 0 Å². The van der Waals surface area contributed by atoms with Gasteiger partial charge in [-0.05, 0) is 13.8 Å². The van der Waals surface area contributed by atoms with Gasteiger partial charge < -0.3 is 135 Å². The molecule has 1 heterocycles. The molecule has 0 aliphatic carbocycles. The number of ether oxygens (including phenoxy) is 24. The van der Waals surface area contributed by atoms with E-state index in [9.17, 15) is 14.4 Å². The average molecular weight is 1390 g/mol. The van der Waals surface area contributed by atoms with Gasteiger partial charge in [0.05, 0.1) is 315 Å². The fourth-order valence-corrected chi connectivity index (χ4v) is 7.12. The molecular weight excluding hydrogens is 1270 g/mol. The molecule has 0 aliphatic heterocycles. The third kappa shape index (κ3) is 66.2. The molecule has 3 amide bonds. The van der Waals surface area contributed by atoms with Crippen LogP contribution in [0.1, 0.15) is 34.7 Å². The number of carbonyl (C=O) groups is 3. The lowest BCUT2D eigenvalue weighted by molar-refractivity contribution is -0.123. The highest BCUT2D eigenvalue weighted by molar-refractivity contribution is 5.96. The molecule has 33 nitrogen and oxygen atoms in total. The van der Waals surface area contributed by atoms with Gasteiger partial charge in [0.25, 0.3) is 5.91 Å². The normalized spacial score (nSPS) is 11.5. The second-order valence-corrected chi connectivity index (χ2v) is 19.9. The molecule has 0 bridgehead atoms. The zero-order valence-electron chi connectivity index (χ0n) is 58.2. The third-order valence-electron chi connectivity index (χ3n) is 12.2. The van der Waals surface area contributed by atoms with Crippen LogP contribution in [0.25, 0.3) is 0 Å². The number of nitrogens with zero attached hydrogens (tertiary/aromatic N) is 2. The summed E-state index contributed by atoms with van der Waals surface area (Å²) in [6, 6.07) is 0. The van der Waals surface area contributed by atoms with Gasteiger partial charge in [-0.3, -0.25) is 14.4 Å². The minimum absolute atomic E-state index is 0.105. The maximum absolute atomic E-state index is 13.1. The molecule has 0 saturated carbocycles. The Morgan fingerprint density at radius 3 is 0.667 bits per heavy atom. The fraction of sp³-hybridized carbons (Fsp3) is 0.889. The number of aryl methyl sites for hydroxylation is 2. The predicted octanol–water partition coefficient (Wildman–Crippen LogP) is -0.0943. The molecule has 33 heteroatoms. The van der Waals surface area contributed by atoms with Crippen molar-refractivity contribution in [3.05, 3.63) is 17.1 Å². The molecule has 0 radical (unpaired) electrons. The Morgan fingerprint density at radius 2 is 0.438 bits per heavy atom. The van der Waals surface area contributed by atoms with Gasteiger partial charge in [-0.15, -0.1) is 0 Å². The molecule has 0 fully saturated rings. The van der Waals surface area contributed by atoms with Gasteiger partial charge in [0.15, 0.2) is 11.5 Å². The monoisotopic (exact) mass is 1390 g/mol. The van der Waals surface area contributed by atoms with Crippen LogP contribution in [0.3, 0.4) is 0 Å². The first-order chi connectivity index (χ1) is 47.4. The van der Waals surface area contributed by atoms with Gasteiger partial charge in [0.1, 0.15) is 0 Å². The van der Waals surface area contributed by atoms with Gasteiger partial charge in [-0.25, -0.2) is 9.97 Å².